The maximum Gasteiger partial charge on any atom is 0.0335 e. The zero-order valence-electron chi connectivity index (χ0n) is 12.9. The van der Waals surface area contributed by atoms with E-state index in [9.17, 15) is 0 Å². The summed E-state index contributed by atoms with van der Waals surface area (Å²) in [6.07, 6.45) is 8.21. The molecule has 2 rings (SSSR count). The molecule has 0 aromatic heterocycles. The molecule has 1 heterocycles. The van der Waals surface area contributed by atoms with E-state index in [2.05, 4.69) is 37.9 Å². The molecule has 0 aromatic rings. The highest BCUT2D eigenvalue weighted by atomic mass is 15.3. The molecule has 2 aliphatic rings. The summed E-state index contributed by atoms with van der Waals surface area (Å²) in [4.78, 5) is 2.86. The first-order valence-electron chi connectivity index (χ1n) is 8.06. The minimum Gasteiger partial charge on any atom is -0.308 e. The predicted octanol–water partition coefficient (Wildman–Crippen LogP) is 3.42. The summed E-state index contributed by atoms with van der Waals surface area (Å²) in [5.74, 6) is 0.784. The summed E-state index contributed by atoms with van der Waals surface area (Å²) in [6.45, 7) is 13.2. The lowest BCUT2D eigenvalue weighted by atomic mass is 9.82. The number of hydrogen-bond acceptors (Lipinski definition) is 2. The Bertz CT molecular complexity index is 262. The van der Waals surface area contributed by atoms with Crippen molar-refractivity contribution >= 4 is 0 Å². The lowest BCUT2D eigenvalue weighted by molar-refractivity contribution is -0.00338. The van der Waals surface area contributed by atoms with E-state index in [0.717, 1.165) is 5.92 Å². The largest absolute Gasteiger partial charge is 0.308 e. The number of rotatable bonds is 4. The molecule has 18 heavy (non-hydrogen) atoms. The molecular formula is C16H32N2. The van der Waals surface area contributed by atoms with Crippen molar-refractivity contribution in [2.45, 2.75) is 77.3 Å². The van der Waals surface area contributed by atoms with E-state index in [-0.39, 0.29) is 0 Å². The molecule has 0 amide bonds. The van der Waals surface area contributed by atoms with Crippen LogP contribution in [-0.2, 0) is 0 Å². The smallest absolute Gasteiger partial charge is 0.0335 e. The monoisotopic (exact) mass is 252 g/mol. The van der Waals surface area contributed by atoms with E-state index in [1.54, 1.807) is 0 Å². The van der Waals surface area contributed by atoms with Gasteiger partial charge in [-0.25, -0.2) is 0 Å². The molecule has 106 valence electrons. The van der Waals surface area contributed by atoms with Gasteiger partial charge in [0.2, 0.25) is 0 Å². The van der Waals surface area contributed by atoms with Crippen LogP contribution in [0.3, 0.4) is 0 Å². The molecule has 1 N–H and O–H groups in total. The van der Waals surface area contributed by atoms with Gasteiger partial charge in [0.1, 0.15) is 0 Å². The van der Waals surface area contributed by atoms with Crippen LogP contribution in [-0.4, -0.2) is 35.6 Å². The summed E-state index contributed by atoms with van der Waals surface area (Å²) in [6, 6.07) is 0. The number of nitrogens with zero attached hydrogens (tertiary/aromatic N) is 1. The lowest BCUT2D eigenvalue weighted by Gasteiger charge is -2.54. The molecule has 1 aliphatic heterocycles. The van der Waals surface area contributed by atoms with Gasteiger partial charge in [-0.05, 0) is 31.6 Å². The second-order valence-electron chi connectivity index (χ2n) is 7.05. The minimum atomic E-state index is 0.378. The first-order chi connectivity index (χ1) is 8.56. The molecule has 0 atom stereocenters. The molecule has 1 saturated heterocycles. The van der Waals surface area contributed by atoms with E-state index in [0.29, 0.717) is 11.1 Å². The third-order valence-electron chi connectivity index (χ3n) is 5.43. The second kappa shape index (κ2) is 5.50. The summed E-state index contributed by atoms with van der Waals surface area (Å²) < 4.78 is 0. The van der Waals surface area contributed by atoms with Crippen molar-refractivity contribution < 1.29 is 0 Å². The third-order valence-corrected chi connectivity index (χ3v) is 5.43. The van der Waals surface area contributed by atoms with Crippen molar-refractivity contribution in [2.75, 3.05) is 19.6 Å². The van der Waals surface area contributed by atoms with Crippen LogP contribution in [0.4, 0.5) is 0 Å². The van der Waals surface area contributed by atoms with Gasteiger partial charge < -0.3 is 5.32 Å². The normalized spacial score (nSPS) is 27.2. The highest BCUT2D eigenvalue weighted by Crippen LogP contribution is 2.40. The van der Waals surface area contributed by atoms with Gasteiger partial charge in [0.25, 0.3) is 0 Å². The standard InChI is InChI=1S/C16H32N2/c1-5-15(6-2)13-18(11-14(3)4)16(12-17-15)9-7-8-10-16/h14,17H,5-13H2,1-4H3. The fourth-order valence-electron chi connectivity index (χ4n) is 4.00. The Kier molecular flexibility index (Phi) is 4.38. The number of piperazine rings is 1. The zero-order valence-corrected chi connectivity index (χ0v) is 12.9. The van der Waals surface area contributed by atoms with Crippen molar-refractivity contribution in [3.63, 3.8) is 0 Å². The highest BCUT2D eigenvalue weighted by molar-refractivity contribution is 5.06. The second-order valence-corrected chi connectivity index (χ2v) is 7.05. The predicted molar refractivity (Wildman–Crippen MR) is 78.9 cm³/mol. The van der Waals surface area contributed by atoms with Crippen molar-refractivity contribution in [3.05, 3.63) is 0 Å². The van der Waals surface area contributed by atoms with Crippen LogP contribution in [0.1, 0.15) is 66.2 Å². The maximum absolute atomic E-state index is 3.93. The van der Waals surface area contributed by atoms with Crippen LogP contribution in [0.2, 0.25) is 0 Å². The average molecular weight is 252 g/mol. The average Bonchev–Trinajstić information content (AvgIpc) is 2.82. The molecule has 2 heteroatoms. The van der Waals surface area contributed by atoms with Gasteiger partial charge >= 0.3 is 0 Å². The summed E-state index contributed by atoms with van der Waals surface area (Å²) >= 11 is 0. The molecule has 0 radical (unpaired) electrons. The summed E-state index contributed by atoms with van der Waals surface area (Å²) in [5.41, 5.74) is 0.876. The molecular weight excluding hydrogens is 220 g/mol. The van der Waals surface area contributed by atoms with Crippen molar-refractivity contribution in [1.82, 2.24) is 10.2 Å². The van der Waals surface area contributed by atoms with Crippen molar-refractivity contribution in [2.24, 2.45) is 5.92 Å². The Hall–Kier alpha value is -0.0800. The molecule has 0 bridgehead atoms. The molecule has 1 aliphatic carbocycles. The molecule has 0 unspecified atom stereocenters. The Morgan fingerprint density at radius 1 is 1.11 bits per heavy atom. The van der Waals surface area contributed by atoms with Crippen LogP contribution in [0.5, 0.6) is 0 Å². The van der Waals surface area contributed by atoms with Gasteiger partial charge in [0, 0.05) is 30.7 Å². The van der Waals surface area contributed by atoms with Gasteiger partial charge in [-0.1, -0.05) is 40.5 Å². The van der Waals surface area contributed by atoms with E-state index >= 15 is 0 Å². The Morgan fingerprint density at radius 3 is 2.22 bits per heavy atom. The van der Waals surface area contributed by atoms with Gasteiger partial charge in [-0.2, -0.15) is 0 Å². The first kappa shape index (κ1) is 14.3. The first-order valence-corrected chi connectivity index (χ1v) is 8.06. The molecule has 1 spiro atoms. The van der Waals surface area contributed by atoms with E-state index < -0.39 is 0 Å². The fourth-order valence-corrected chi connectivity index (χ4v) is 4.00. The number of hydrogen-bond donors (Lipinski definition) is 1. The van der Waals surface area contributed by atoms with Gasteiger partial charge in [0.05, 0.1) is 0 Å². The molecule has 2 fully saturated rings. The van der Waals surface area contributed by atoms with Gasteiger partial charge in [-0.15, -0.1) is 0 Å². The van der Waals surface area contributed by atoms with Gasteiger partial charge in [-0.3, -0.25) is 4.90 Å². The number of nitrogens with one attached hydrogen (secondary N) is 1. The van der Waals surface area contributed by atoms with Gasteiger partial charge in [0.15, 0.2) is 0 Å². The van der Waals surface area contributed by atoms with Crippen LogP contribution in [0.25, 0.3) is 0 Å². The van der Waals surface area contributed by atoms with E-state index in [4.69, 9.17) is 0 Å². The Labute approximate surface area is 114 Å². The molecule has 2 nitrogen and oxygen atoms in total. The van der Waals surface area contributed by atoms with Crippen LogP contribution < -0.4 is 5.32 Å². The van der Waals surface area contributed by atoms with Crippen molar-refractivity contribution in [3.8, 4) is 0 Å². The van der Waals surface area contributed by atoms with Crippen LogP contribution >= 0.6 is 0 Å². The highest BCUT2D eigenvalue weighted by Gasteiger charge is 2.47. The van der Waals surface area contributed by atoms with E-state index in [1.165, 1.54) is 58.2 Å². The zero-order chi connectivity index (χ0) is 13.2. The SMILES string of the molecule is CCC1(CC)CN(CC(C)C)C2(CCCC2)CN1. The fraction of sp³-hybridized carbons (Fsp3) is 1.00. The summed E-state index contributed by atoms with van der Waals surface area (Å²) in [7, 11) is 0. The lowest BCUT2D eigenvalue weighted by Crippen LogP contribution is -2.69. The van der Waals surface area contributed by atoms with Crippen LogP contribution in [0.15, 0.2) is 0 Å². The van der Waals surface area contributed by atoms with E-state index in [1.807, 2.05) is 0 Å². The molecule has 1 saturated carbocycles. The topological polar surface area (TPSA) is 15.3 Å². The maximum atomic E-state index is 3.93. The summed E-state index contributed by atoms with van der Waals surface area (Å²) in [5, 5.41) is 3.93. The Balaban J connectivity index is 2.14. The van der Waals surface area contributed by atoms with Crippen LogP contribution in [0, 0.1) is 5.92 Å². The Morgan fingerprint density at radius 2 is 1.72 bits per heavy atom. The minimum absolute atomic E-state index is 0.378. The van der Waals surface area contributed by atoms with Crippen molar-refractivity contribution in [1.29, 1.82) is 0 Å². The molecule has 0 aromatic carbocycles. The quantitative estimate of drug-likeness (QED) is 0.825. The third kappa shape index (κ3) is 2.60.